The lowest BCUT2D eigenvalue weighted by Gasteiger charge is -2.63. The zero-order valence-corrected chi connectivity index (χ0v) is 18.7. The molecule has 3 saturated heterocycles. The van der Waals surface area contributed by atoms with Gasteiger partial charge in [0.05, 0.1) is 0 Å². The minimum Gasteiger partial charge on any atom is -0.444 e. The third-order valence-corrected chi connectivity index (χ3v) is 7.58. The molecule has 0 bridgehead atoms. The number of likely N-dealkylation sites (tertiary alicyclic amines) is 3. The number of carbonyl (C=O) groups is 2. The van der Waals surface area contributed by atoms with Gasteiger partial charge in [-0.15, -0.1) is 10.2 Å². The maximum Gasteiger partial charge on any atom is 0.410 e. The normalized spacial score (nSPS) is 26.2. The van der Waals surface area contributed by atoms with Crippen LogP contribution >= 0.6 is 0 Å². The molecule has 9 nitrogen and oxygen atoms in total. The molecule has 5 aliphatic rings. The van der Waals surface area contributed by atoms with E-state index in [1.54, 1.807) is 4.90 Å². The SMILES string of the molecule is CC(C)(C)OC(=O)N1CC2(C1)CN(C(=O)N1CC3(CC(c4nnc(C5CC5)[nH]4)C3)C1)C2. The summed E-state index contributed by atoms with van der Waals surface area (Å²) in [6.45, 7) is 10.2. The van der Waals surface area contributed by atoms with Crippen molar-refractivity contribution in [2.24, 2.45) is 10.8 Å². The molecule has 1 aromatic rings. The second-order valence-electron chi connectivity index (χ2n) is 11.8. The minimum atomic E-state index is -0.470. The Bertz CT molecular complexity index is 904. The lowest BCUT2D eigenvalue weighted by molar-refractivity contribution is -0.112. The number of aromatic nitrogens is 3. The molecule has 6 rings (SSSR count). The molecule has 2 aliphatic carbocycles. The Morgan fingerprint density at radius 2 is 1.39 bits per heavy atom. The summed E-state index contributed by atoms with van der Waals surface area (Å²) >= 11 is 0. The molecule has 0 unspecified atom stereocenters. The topological polar surface area (TPSA) is 94.7 Å². The molecular formula is C22H32N6O3. The summed E-state index contributed by atoms with van der Waals surface area (Å²) in [4.78, 5) is 34.1. The van der Waals surface area contributed by atoms with Crippen molar-refractivity contribution in [1.29, 1.82) is 0 Å². The van der Waals surface area contributed by atoms with E-state index in [4.69, 9.17) is 4.74 Å². The standard InChI is InChI=1S/C22H32N6O3/c1-20(2,3)31-19(30)28-12-22(13-28)10-27(11-22)18(29)26-8-21(9-26)6-15(7-21)17-23-16(24-25-17)14-4-5-14/h14-15H,4-13H2,1-3H3,(H,23,24,25). The molecule has 2 spiro atoms. The van der Waals surface area contributed by atoms with Crippen molar-refractivity contribution in [2.75, 3.05) is 39.3 Å². The van der Waals surface area contributed by atoms with Gasteiger partial charge in [-0.25, -0.2) is 9.59 Å². The molecule has 0 aromatic carbocycles. The second kappa shape index (κ2) is 6.13. The maximum absolute atomic E-state index is 12.8. The number of hydrogen-bond donors (Lipinski definition) is 1. The van der Waals surface area contributed by atoms with Crippen LogP contribution in [0, 0.1) is 10.8 Å². The van der Waals surface area contributed by atoms with E-state index in [0.717, 1.165) is 50.7 Å². The molecule has 3 aliphatic heterocycles. The van der Waals surface area contributed by atoms with Crippen molar-refractivity contribution < 1.29 is 14.3 Å². The molecule has 0 radical (unpaired) electrons. The molecule has 9 heteroatoms. The fourth-order valence-corrected chi connectivity index (χ4v) is 5.87. The van der Waals surface area contributed by atoms with E-state index in [2.05, 4.69) is 15.2 Å². The van der Waals surface area contributed by atoms with E-state index < -0.39 is 5.60 Å². The van der Waals surface area contributed by atoms with Gasteiger partial charge in [0.25, 0.3) is 0 Å². The van der Waals surface area contributed by atoms with Crippen LogP contribution in [0.15, 0.2) is 0 Å². The van der Waals surface area contributed by atoms with Crippen LogP contribution in [-0.4, -0.2) is 86.9 Å². The van der Waals surface area contributed by atoms with Crippen molar-refractivity contribution in [3.8, 4) is 0 Å². The van der Waals surface area contributed by atoms with E-state index in [0.29, 0.717) is 30.3 Å². The third-order valence-electron chi connectivity index (χ3n) is 7.58. The van der Waals surface area contributed by atoms with Gasteiger partial charge in [0.1, 0.15) is 17.2 Å². The lowest BCUT2D eigenvalue weighted by Crippen LogP contribution is -2.76. The van der Waals surface area contributed by atoms with Gasteiger partial charge >= 0.3 is 12.1 Å². The monoisotopic (exact) mass is 428 g/mol. The molecule has 1 aromatic heterocycles. The van der Waals surface area contributed by atoms with Crippen LogP contribution < -0.4 is 0 Å². The van der Waals surface area contributed by atoms with Crippen LogP contribution in [0.5, 0.6) is 0 Å². The Kier molecular flexibility index (Phi) is 3.83. The van der Waals surface area contributed by atoms with Crippen molar-refractivity contribution in [3.63, 3.8) is 0 Å². The first-order chi connectivity index (χ1) is 14.6. The average molecular weight is 429 g/mol. The highest BCUT2D eigenvalue weighted by atomic mass is 16.6. The summed E-state index contributed by atoms with van der Waals surface area (Å²) in [5.74, 6) is 3.19. The van der Waals surface area contributed by atoms with Crippen molar-refractivity contribution in [1.82, 2.24) is 29.9 Å². The highest BCUT2D eigenvalue weighted by Gasteiger charge is 2.59. The van der Waals surface area contributed by atoms with Gasteiger partial charge in [0, 0.05) is 61.9 Å². The van der Waals surface area contributed by atoms with Gasteiger partial charge in [-0.2, -0.15) is 0 Å². The smallest absolute Gasteiger partial charge is 0.410 e. The highest BCUT2D eigenvalue weighted by Crippen LogP contribution is 2.56. The number of aromatic amines is 1. The fourth-order valence-electron chi connectivity index (χ4n) is 5.87. The summed E-state index contributed by atoms with van der Waals surface area (Å²) in [6.07, 6.45) is 4.42. The number of hydrogen-bond acceptors (Lipinski definition) is 5. The van der Waals surface area contributed by atoms with Crippen LogP contribution in [-0.2, 0) is 4.74 Å². The first-order valence-corrected chi connectivity index (χ1v) is 11.6. The zero-order valence-electron chi connectivity index (χ0n) is 18.7. The predicted octanol–water partition coefficient (Wildman–Crippen LogP) is 2.53. The molecule has 5 fully saturated rings. The maximum atomic E-state index is 12.8. The third kappa shape index (κ3) is 3.27. The number of nitrogens with one attached hydrogen (secondary N) is 1. The van der Waals surface area contributed by atoms with Gasteiger partial charge < -0.3 is 24.4 Å². The number of ether oxygens (including phenoxy) is 1. The van der Waals surface area contributed by atoms with Gasteiger partial charge in [-0.1, -0.05) is 0 Å². The van der Waals surface area contributed by atoms with E-state index in [1.165, 1.54) is 12.8 Å². The summed E-state index contributed by atoms with van der Waals surface area (Å²) in [5, 5.41) is 8.68. The average Bonchev–Trinajstić information content (AvgIpc) is 3.26. The number of nitrogens with zero attached hydrogens (tertiary/aromatic N) is 5. The summed E-state index contributed by atoms with van der Waals surface area (Å²) < 4.78 is 5.43. The molecule has 3 amide bonds. The molecule has 1 N–H and O–H groups in total. The van der Waals surface area contributed by atoms with Crippen molar-refractivity contribution in [3.05, 3.63) is 11.6 Å². The van der Waals surface area contributed by atoms with Gasteiger partial charge in [-0.3, -0.25) is 0 Å². The Morgan fingerprint density at radius 3 is 1.94 bits per heavy atom. The predicted molar refractivity (Wildman–Crippen MR) is 112 cm³/mol. The quantitative estimate of drug-likeness (QED) is 0.781. The number of H-pyrrole nitrogens is 1. The Labute approximate surface area is 182 Å². The Morgan fingerprint density at radius 1 is 0.871 bits per heavy atom. The summed E-state index contributed by atoms with van der Waals surface area (Å²) in [6, 6.07) is 0.158. The van der Waals surface area contributed by atoms with Gasteiger partial charge in [-0.05, 0) is 46.5 Å². The molecular weight excluding hydrogens is 396 g/mol. The second-order valence-corrected chi connectivity index (χ2v) is 11.8. The number of carbonyl (C=O) groups excluding carboxylic acids is 2. The first kappa shape index (κ1) is 19.4. The van der Waals surface area contributed by atoms with Crippen LogP contribution in [0.25, 0.3) is 0 Å². The van der Waals surface area contributed by atoms with E-state index in [9.17, 15) is 9.59 Å². The Balaban J connectivity index is 0.933. The molecule has 2 saturated carbocycles. The van der Waals surface area contributed by atoms with Crippen LogP contribution in [0.2, 0.25) is 0 Å². The van der Waals surface area contributed by atoms with Crippen molar-refractivity contribution in [2.45, 2.75) is 63.9 Å². The fraction of sp³-hybridized carbons (Fsp3) is 0.818. The summed E-state index contributed by atoms with van der Waals surface area (Å²) in [7, 11) is 0. The zero-order chi connectivity index (χ0) is 21.6. The van der Waals surface area contributed by atoms with Gasteiger partial charge in [0.15, 0.2) is 0 Å². The van der Waals surface area contributed by atoms with E-state index >= 15 is 0 Å². The molecule has 0 atom stereocenters. The highest BCUT2D eigenvalue weighted by molar-refractivity contribution is 5.77. The van der Waals surface area contributed by atoms with Crippen LogP contribution in [0.4, 0.5) is 9.59 Å². The number of urea groups is 1. The first-order valence-electron chi connectivity index (χ1n) is 11.6. The van der Waals surface area contributed by atoms with Gasteiger partial charge in [0.2, 0.25) is 0 Å². The largest absolute Gasteiger partial charge is 0.444 e. The molecule has 31 heavy (non-hydrogen) atoms. The molecule has 168 valence electrons. The summed E-state index contributed by atoms with van der Waals surface area (Å²) in [5.41, 5.74) is -0.0932. The van der Waals surface area contributed by atoms with Crippen molar-refractivity contribution >= 4 is 12.1 Å². The molecule has 4 heterocycles. The van der Waals surface area contributed by atoms with E-state index in [1.807, 2.05) is 30.6 Å². The Hall–Kier alpha value is -2.32. The minimum absolute atomic E-state index is 0.0856. The van der Waals surface area contributed by atoms with Crippen LogP contribution in [0.3, 0.4) is 0 Å². The number of amides is 3. The lowest BCUT2D eigenvalue weighted by atomic mass is 9.57. The van der Waals surface area contributed by atoms with E-state index in [-0.39, 0.29) is 17.5 Å². The van der Waals surface area contributed by atoms with Crippen LogP contribution in [0.1, 0.15) is 69.9 Å². The number of rotatable bonds is 2.